The van der Waals surface area contributed by atoms with Crippen LogP contribution in [0.5, 0.6) is 0 Å². The summed E-state index contributed by atoms with van der Waals surface area (Å²) >= 11 is 0. The van der Waals surface area contributed by atoms with E-state index in [1.807, 2.05) is 0 Å². The minimum absolute atomic E-state index is 0.495. The van der Waals surface area contributed by atoms with Crippen LogP contribution in [0, 0.1) is 12.8 Å². The second kappa shape index (κ2) is 6.91. The van der Waals surface area contributed by atoms with Crippen molar-refractivity contribution in [3.8, 4) is 0 Å². The van der Waals surface area contributed by atoms with Crippen LogP contribution in [-0.4, -0.2) is 19.8 Å². The largest absolute Gasteiger partial charge is 0.381 e. The van der Waals surface area contributed by atoms with Crippen molar-refractivity contribution in [2.45, 2.75) is 39.2 Å². The summed E-state index contributed by atoms with van der Waals surface area (Å²) in [7, 11) is 0. The molecule has 1 aromatic carbocycles. The molecule has 0 saturated carbocycles. The number of hydrogen-bond donors (Lipinski definition) is 1. The van der Waals surface area contributed by atoms with Gasteiger partial charge in [-0.15, -0.1) is 0 Å². The number of rotatable bonds is 5. The van der Waals surface area contributed by atoms with Crippen molar-refractivity contribution >= 4 is 0 Å². The van der Waals surface area contributed by atoms with Crippen LogP contribution in [0.4, 0.5) is 0 Å². The van der Waals surface area contributed by atoms with Crippen molar-refractivity contribution in [3.63, 3.8) is 0 Å². The predicted molar refractivity (Wildman–Crippen MR) is 75.8 cm³/mol. The number of hydrogen-bond acceptors (Lipinski definition) is 2. The Bertz CT molecular complexity index is 358. The lowest BCUT2D eigenvalue weighted by atomic mass is 9.85. The van der Waals surface area contributed by atoms with Gasteiger partial charge in [-0.2, -0.15) is 0 Å². The number of ether oxygens (including phenoxy) is 1. The fraction of sp³-hybridized carbons (Fsp3) is 0.625. The van der Waals surface area contributed by atoms with Gasteiger partial charge in [0, 0.05) is 19.3 Å². The van der Waals surface area contributed by atoms with E-state index in [0.29, 0.717) is 12.0 Å². The highest BCUT2D eigenvalue weighted by Gasteiger charge is 2.25. The lowest BCUT2D eigenvalue weighted by molar-refractivity contribution is 0.0535. The standard InChI is InChI=1S/C16H25NO/c1-3-10-17-16(14-8-11-18-12-9-14)15-7-5-4-6-13(15)2/h4-7,14,16-17H,3,8-12H2,1-2H3. The van der Waals surface area contributed by atoms with Crippen LogP contribution in [0.3, 0.4) is 0 Å². The number of benzene rings is 1. The first-order valence-corrected chi connectivity index (χ1v) is 7.19. The van der Waals surface area contributed by atoms with Gasteiger partial charge in [-0.1, -0.05) is 31.2 Å². The van der Waals surface area contributed by atoms with Gasteiger partial charge >= 0.3 is 0 Å². The van der Waals surface area contributed by atoms with E-state index in [-0.39, 0.29) is 0 Å². The van der Waals surface area contributed by atoms with Gasteiger partial charge in [0.2, 0.25) is 0 Å². The highest BCUT2D eigenvalue weighted by atomic mass is 16.5. The summed E-state index contributed by atoms with van der Waals surface area (Å²) in [4.78, 5) is 0. The van der Waals surface area contributed by atoms with E-state index in [1.54, 1.807) is 0 Å². The van der Waals surface area contributed by atoms with E-state index < -0.39 is 0 Å². The van der Waals surface area contributed by atoms with Gasteiger partial charge in [-0.05, 0) is 49.8 Å². The predicted octanol–water partition coefficient (Wildman–Crippen LogP) is 3.46. The molecule has 2 heteroatoms. The Morgan fingerprint density at radius 3 is 2.67 bits per heavy atom. The van der Waals surface area contributed by atoms with E-state index in [4.69, 9.17) is 4.74 Å². The topological polar surface area (TPSA) is 21.3 Å². The van der Waals surface area contributed by atoms with Crippen molar-refractivity contribution < 1.29 is 4.74 Å². The third-order valence-corrected chi connectivity index (χ3v) is 3.88. The summed E-state index contributed by atoms with van der Waals surface area (Å²) in [5, 5.41) is 3.74. The number of nitrogens with one attached hydrogen (secondary N) is 1. The molecule has 100 valence electrons. The Hall–Kier alpha value is -0.860. The van der Waals surface area contributed by atoms with Crippen molar-refractivity contribution in [1.82, 2.24) is 5.32 Å². The second-order valence-electron chi connectivity index (χ2n) is 5.24. The Morgan fingerprint density at radius 2 is 2.00 bits per heavy atom. The summed E-state index contributed by atoms with van der Waals surface area (Å²) in [6.07, 6.45) is 3.54. The highest BCUT2D eigenvalue weighted by molar-refractivity contribution is 5.29. The molecule has 1 saturated heterocycles. The molecule has 0 bridgehead atoms. The zero-order valence-corrected chi connectivity index (χ0v) is 11.6. The van der Waals surface area contributed by atoms with Crippen LogP contribution in [0.2, 0.25) is 0 Å². The third-order valence-electron chi connectivity index (χ3n) is 3.88. The maximum atomic E-state index is 5.49. The average molecular weight is 247 g/mol. The SMILES string of the molecule is CCCNC(c1ccccc1C)C1CCOCC1. The van der Waals surface area contributed by atoms with Crippen LogP contribution in [0.25, 0.3) is 0 Å². The van der Waals surface area contributed by atoms with Gasteiger partial charge in [0.1, 0.15) is 0 Å². The Morgan fingerprint density at radius 1 is 1.28 bits per heavy atom. The van der Waals surface area contributed by atoms with Crippen molar-refractivity contribution in [1.29, 1.82) is 0 Å². The molecule has 18 heavy (non-hydrogen) atoms. The molecule has 1 unspecified atom stereocenters. The van der Waals surface area contributed by atoms with E-state index in [0.717, 1.165) is 19.8 Å². The van der Waals surface area contributed by atoms with Crippen molar-refractivity contribution in [2.75, 3.05) is 19.8 Å². The van der Waals surface area contributed by atoms with Gasteiger partial charge < -0.3 is 10.1 Å². The minimum Gasteiger partial charge on any atom is -0.381 e. The van der Waals surface area contributed by atoms with Gasteiger partial charge in [0.05, 0.1) is 0 Å². The van der Waals surface area contributed by atoms with Crippen LogP contribution in [0.1, 0.15) is 43.4 Å². The fourth-order valence-corrected chi connectivity index (χ4v) is 2.82. The average Bonchev–Trinajstić information content (AvgIpc) is 2.42. The van der Waals surface area contributed by atoms with Crippen molar-refractivity contribution in [3.05, 3.63) is 35.4 Å². The highest BCUT2D eigenvalue weighted by Crippen LogP contribution is 2.31. The summed E-state index contributed by atoms with van der Waals surface area (Å²) in [6.45, 7) is 7.37. The Kier molecular flexibility index (Phi) is 5.21. The molecule has 0 amide bonds. The molecular weight excluding hydrogens is 222 g/mol. The molecule has 0 radical (unpaired) electrons. The normalized spacial score (nSPS) is 18.8. The van der Waals surface area contributed by atoms with Crippen LogP contribution in [0.15, 0.2) is 24.3 Å². The first-order valence-electron chi connectivity index (χ1n) is 7.19. The van der Waals surface area contributed by atoms with Gasteiger partial charge in [-0.25, -0.2) is 0 Å². The maximum Gasteiger partial charge on any atom is 0.0469 e. The molecule has 1 fully saturated rings. The first-order chi connectivity index (χ1) is 8.83. The monoisotopic (exact) mass is 247 g/mol. The summed E-state index contributed by atoms with van der Waals surface area (Å²) in [6, 6.07) is 9.27. The summed E-state index contributed by atoms with van der Waals surface area (Å²) in [5.41, 5.74) is 2.87. The quantitative estimate of drug-likeness (QED) is 0.860. The molecular formula is C16H25NO. The fourth-order valence-electron chi connectivity index (χ4n) is 2.82. The maximum absolute atomic E-state index is 5.49. The molecule has 2 nitrogen and oxygen atoms in total. The molecule has 1 aliphatic rings. The van der Waals surface area contributed by atoms with E-state index in [1.165, 1.54) is 30.4 Å². The van der Waals surface area contributed by atoms with E-state index in [2.05, 4.69) is 43.4 Å². The lowest BCUT2D eigenvalue weighted by Gasteiger charge is -2.32. The second-order valence-corrected chi connectivity index (χ2v) is 5.24. The zero-order chi connectivity index (χ0) is 12.8. The van der Waals surface area contributed by atoms with Gasteiger partial charge in [-0.3, -0.25) is 0 Å². The molecule has 1 aliphatic heterocycles. The molecule has 0 aromatic heterocycles. The molecule has 1 aromatic rings. The van der Waals surface area contributed by atoms with E-state index in [9.17, 15) is 0 Å². The van der Waals surface area contributed by atoms with E-state index >= 15 is 0 Å². The summed E-state index contributed by atoms with van der Waals surface area (Å²) < 4.78 is 5.49. The van der Waals surface area contributed by atoms with Crippen LogP contribution < -0.4 is 5.32 Å². The molecule has 1 heterocycles. The van der Waals surface area contributed by atoms with Crippen LogP contribution in [-0.2, 0) is 4.74 Å². The molecule has 2 rings (SSSR count). The Labute approximate surface area is 111 Å². The van der Waals surface area contributed by atoms with Crippen molar-refractivity contribution in [2.24, 2.45) is 5.92 Å². The minimum atomic E-state index is 0.495. The van der Waals surface area contributed by atoms with Gasteiger partial charge in [0.25, 0.3) is 0 Å². The lowest BCUT2D eigenvalue weighted by Crippen LogP contribution is -2.33. The third kappa shape index (κ3) is 3.33. The molecule has 0 aliphatic carbocycles. The zero-order valence-electron chi connectivity index (χ0n) is 11.6. The molecule has 1 N–H and O–H groups in total. The van der Waals surface area contributed by atoms with Gasteiger partial charge in [0.15, 0.2) is 0 Å². The molecule has 0 spiro atoms. The summed E-state index contributed by atoms with van der Waals surface area (Å²) in [5.74, 6) is 0.714. The Balaban J connectivity index is 2.15. The first kappa shape index (κ1) is 13.6. The smallest absolute Gasteiger partial charge is 0.0469 e. The molecule has 1 atom stereocenters. The van der Waals surface area contributed by atoms with Crippen LogP contribution >= 0.6 is 0 Å². The number of aryl methyl sites for hydroxylation is 1.